The monoisotopic (exact) mass is 250 g/mol. The Morgan fingerprint density at radius 3 is 2.67 bits per heavy atom. The molecule has 0 fully saturated rings. The lowest BCUT2D eigenvalue weighted by molar-refractivity contribution is 0.939. The quantitative estimate of drug-likeness (QED) is 0.266. The molecule has 0 saturated heterocycles. The summed E-state index contributed by atoms with van der Waals surface area (Å²) in [6, 6.07) is 0. The van der Waals surface area contributed by atoms with Crippen molar-refractivity contribution < 1.29 is 0 Å². The predicted octanol–water partition coefficient (Wildman–Crippen LogP) is 0.771. The molecule has 0 aliphatic heterocycles. The van der Waals surface area contributed by atoms with Gasteiger partial charge >= 0.3 is 0 Å². The summed E-state index contributed by atoms with van der Waals surface area (Å²) in [5, 5.41) is 21.2. The number of nitrogen functional groups attached to an aromatic ring is 1. The highest BCUT2D eigenvalue weighted by Gasteiger charge is 1.92. The lowest BCUT2D eigenvalue weighted by Crippen LogP contribution is -1.84. The smallest absolute Gasteiger partial charge is 0.260 e. The average molecular weight is 250 g/mol. The summed E-state index contributed by atoms with van der Waals surface area (Å²) in [7, 11) is 0. The molecule has 0 amide bonds. The Labute approximate surface area is 97.8 Å². The topological polar surface area (TPSA) is 219 Å². The van der Waals surface area contributed by atoms with Crippen LogP contribution in [0.2, 0.25) is 0 Å². The van der Waals surface area contributed by atoms with Crippen molar-refractivity contribution in [3.05, 3.63) is 27.1 Å². The van der Waals surface area contributed by atoms with E-state index >= 15 is 0 Å². The molecule has 0 bridgehead atoms. The van der Waals surface area contributed by atoms with Gasteiger partial charge in [0.15, 0.2) is 0 Å². The Morgan fingerprint density at radius 2 is 2.17 bits per heavy atom. The third kappa shape index (κ3) is 4.35. The molecule has 14 heteroatoms. The first-order valence-corrected chi connectivity index (χ1v) is 4.15. The van der Waals surface area contributed by atoms with Crippen LogP contribution in [0.25, 0.3) is 20.9 Å². The van der Waals surface area contributed by atoms with Crippen LogP contribution in [0, 0.1) is 0 Å². The zero-order valence-electron chi connectivity index (χ0n) is 8.63. The molecular formula is C4H6N14. The van der Waals surface area contributed by atoms with E-state index in [4.69, 9.17) is 16.8 Å². The molecule has 0 aliphatic carbocycles. The molecule has 2 aromatic rings. The van der Waals surface area contributed by atoms with Gasteiger partial charge in [0.1, 0.15) is 6.20 Å². The Hall–Kier alpha value is -3.50. The number of nitrogens with one attached hydrogen (secondary N) is 3. The molecule has 14 nitrogen and oxygen atoms in total. The summed E-state index contributed by atoms with van der Waals surface area (Å²) in [5.41, 5.74) is 23.0. The van der Waals surface area contributed by atoms with Crippen molar-refractivity contribution >= 4 is 17.7 Å². The Bertz CT molecular complexity index is 550. The van der Waals surface area contributed by atoms with Crippen molar-refractivity contribution in [2.45, 2.75) is 0 Å². The molecule has 0 aliphatic rings. The highest BCUT2D eigenvalue weighted by molar-refractivity contribution is 5.26. The second-order valence-electron chi connectivity index (χ2n) is 2.36. The van der Waals surface area contributed by atoms with Gasteiger partial charge < -0.3 is 5.73 Å². The number of nitrogens with zero attached hydrogens (tertiary/aromatic N) is 10. The van der Waals surface area contributed by atoms with Gasteiger partial charge in [-0.15, -0.1) is 15.7 Å². The molecular weight excluding hydrogens is 244 g/mol. The van der Waals surface area contributed by atoms with E-state index in [1.54, 1.807) is 0 Å². The fourth-order valence-electron chi connectivity index (χ4n) is 0.682. The highest BCUT2D eigenvalue weighted by atomic mass is 15.5. The van der Waals surface area contributed by atoms with Gasteiger partial charge in [-0.05, 0) is 15.9 Å². The first-order chi connectivity index (χ1) is 8.76. The lowest BCUT2D eigenvalue weighted by atomic mass is 10.8. The molecule has 18 heavy (non-hydrogen) atoms. The largest absolute Gasteiger partial charge is 0.367 e. The van der Waals surface area contributed by atoms with Crippen LogP contribution in [0.3, 0.4) is 0 Å². The van der Waals surface area contributed by atoms with E-state index in [0.717, 1.165) is 0 Å². The fraction of sp³-hybridized carbons (Fsp3) is 0. The zero-order valence-corrected chi connectivity index (χ0v) is 8.63. The van der Waals surface area contributed by atoms with Gasteiger partial charge in [-0.1, -0.05) is 0 Å². The van der Waals surface area contributed by atoms with Crippen LogP contribution in [-0.2, 0) is 0 Å². The second-order valence-corrected chi connectivity index (χ2v) is 2.36. The molecule has 2 rings (SSSR count). The number of azide groups is 2. The van der Waals surface area contributed by atoms with E-state index < -0.39 is 0 Å². The molecule has 0 unspecified atom stereocenters. The number of nitrogens with two attached hydrogens (primary N) is 1. The molecule has 92 valence electrons. The van der Waals surface area contributed by atoms with Gasteiger partial charge in [-0.25, -0.2) is 5.43 Å². The minimum atomic E-state index is 0.0670. The molecule has 2 aromatic heterocycles. The van der Waals surface area contributed by atoms with E-state index in [2.05, 4.69) is 56.2 Å². The summed E-state index contributed by atoms with van der Waals surface area (Å²) in [4.78, 5) is 8.39. The first-order valence-electron chi connectivity index (χ1n) is 4.15. The van der Waals surface area contributed by atoms with Gasteiger partial charge in [-0.2, -0.15) is 20.2 Å². The molecule has 0 radical (unpaired) electrons. The van der Waals surface area contributed by atoms with Gasteiger partial charge in [-0.3, -0.25) is 5.10 Å². The molecule has 0 spiro atoms. The van der Waals surface area contributed by atoms with E-state index in [0.29, 0.717) is 5.82 Å². The van der Waals surface area contributed by atoms with E-state index in [-0.39, 0.29) is 11.9 Å². The standard InChI is InChI=1S/2C2H3N7/c3-1-5-2(7-6-1)8-9-4;3-7-9-6-2-1-4-8-5-2/h(H3,3,5,6,7);1H,(H2,4,5,6,8). The van der Waals surface area contributed by atoms with Crippen molar-refractivity contribution in [2.75, 3.05) is 11.2 Å². The molecule has 0 atom stereocenters. The fourth-order valence-corrected chi connectivity index (χ4v) is 0.682. The third-order valence-electron chi connectivity index (χ3n) is 1.25. The SMILES string of the molecule is [N-]=[N+]=NNc1cn[nH]n1.[N-]=[N+]=Nc1nc(N)n[nH]1. The Balaban J connectivity index is 0.000000180. The lowest BCUT2D eigenvalue weighted by Gasteiger charge is -1.79. The van der Waals surface area contributed by atoms with Crippen LogP contribution >= 0.6 is 0 Å². The van der Waals surface area contributed by atoms with E-state index in [1.807, 2.05) is 0 Å². The summed E-state index contributed by atoms with van der Waals surface area (Å²) in [6.07, 6.45) is 1.40. The number of H-pyrrole nitrogens is 2. The summed E-state index contributed by atoms with van der Waals surface area (Å²) in [5.74, 6) is 0.542. The zero-order chi connectivity index (χ0) is 13.2. The van der Waals surface area contributed by atoms with Gasteiger partial charge in [0.2, 0.25) is 11.9 Å². The molecule has 5 N–H and O–H groups in total. The number of hydrogen-bond donors (Lipinski definition) is 4. The van der Waals surface area contributed by atoms with Crippen molar-refractivity contribution in [1.29, 1.82) is 0 Å². The maximum Gasteiger partial charge on any atom is 0.260 e. The van der Waals surface area contributed by atoms with Crippen molar-refractivity contribution in [2.24, 2.45) is 10.3 Å². The van der Waals surface area contributed by atoms with Crippen LogP contribution in [0.4, 0.5) is 17.7 Å². The van der Waals surface area contributed by atoms with Crippen molar-refractivity contribution in [3.8, 4) is 0 Å². The number of rotatable bonds is 3. The van der Waals surface area contributed by atoms with Crippen LogP contribution in [0.5, 0.6) is 0 Å². The van der Waals surface area contributed by atoms with Gasteiger partial charge in [0.05, 0.1) is 0 Å². The normalized spacial score (nSPS) is 8.22. The predicted molar refractivity (Wildman–Crippen MR) is 58.8 cm³/mol. The minimum absolute atomic E-state index is 0.0670. The number of anilines is 2. The van der Waals surface area contributed by atoms with Crippen molar-refractivity contribution in [3.63, 3.8) is 0 Å². The molecule has 0 saturated carbocycles. The van der Waals surface area contributed by atoms with E-state index in [1.165, 1.54) is 6.20 Å². The summed E-state index contributed by atoms with van der Waals surface area (Å²) < 4.78 is 0. The van der Waals surface area contributed by atoms with Crippen LogP contribution in [0.1, 0.15) is 0 Å². The van der Waals surface area contributed by atoms with Crippen LogP contribution < -0.4 is 11.2 Å². The maximum atomic E-state index is 7.86. The van der Waals surface area contributed by atoms with Crippen molar-refractivity contribution in [1.82, 2.24) is 30.6 Å². The first kappa shape index (κ1) is 12.6. The average Bonchev–Trinajstić information content (AvgIpc) is 3.00. The van der Waals surface area contributed by atoms with Crippen LogP contribution in [0.15, 0.2) is 16.5 Å². The maximum absolute atomic E-state index is 7.86. The number of aromatic nitrogens is 6. The number of aromatic amines is 2. The summed E-state index contributed by atoms with van der Waals surface area (Å²) in [6.45, 7) is 0. The molecule has 0 aromatic carbocycles. The summed E-state index contributed by atoms with van der Waals surface area (Å²) >= 11 is 0. The van der Waals surface area contributed by atoms with Crippen LogP contribution in [-0.4, -0.2) is 30.6 Å². The Kier molecular flexibility index (Phi) is 4.81. The van der Waals surface area contributed by atoms with E-state index in [9.17, 15) is 0 Å². The van der Waals surface area contributed by atoms with Gasteiger partial charge in [0, 0.05) is 4.91 Å². The molecule has 2 heterocycles. The van der Waals surface area contributed by atoms with Gasteiger partial charge in [0.25, 0.3) is 5.82 Å². The Morgan fingerprint density at radius 1 is 1.33 bits per heavy atom. The highest BCUT2D eigenvalue weighted by Crippen LogP contribution is 2.02. The third-order valence-corrected chi connectivity index (χ3v) is 1.25. The second kappa shape index (κ2) is 6.89. The minimum Gasteiger partial charge on any atom is -0.367 e. The number of hydrogen-bond acceptors (Lipinski definition) is 7.